The van der Waals surface area contributed by atoms with Gasteiger partial charge in [-0.3, -0.25) is 14.2 Å². The molecule has 1 aromatic heterocycles. The van der Waals surface area contributed by atoms with Crippen molar-refractivity contribution in [3.63, 3.8) is 0 Å². The van der Waals surface area contributed by atoms with Crippen molar-refractivity contribution in [3.05, 3.63) is 58.0 Å². The van der Waals surface area contributed by atoms with Gasteiger partial charge in [-0.1, -0.05) is 31.2 Å². The first-order valence-corrected chi connectivity index (χ1v) is 6.37. The highest BCUT2D eigenvalue weighted by atomic mass is 16.2. The van der Waals surface area contributed by atoms with Gasteiger partial charge in [0.1, 0.15) is 0 Å². The largest absolute Gasteiger partial charge is 0.274 e. The minimum absolute atomic E-state index is 0.181. The molecule has 2 aromatic rings. The molecular formula is C16H17NO2. The number of nitrogens with zero attached hydrogens (tertiary/aromatic N) is 1. The van der Waals surface area contributed by atoms with Crippen molar-refractivity contribution in [1.29, 1.82) is 0 Å². The van der Waals surface area contributed by atoms with Gasteiger partial charge in [0.25, 0.3) is 5.56 Å². The first-order chi connectivity index (χ1) is 9.06. The van der Waals surface area contributed by atoms with E-state index < -0.39 is 0 Å². The summed E-state index contributed by atoms with van der Waals surface area (Å²) in [5.74, 6) is -0.181. The lowest BCUT2D eigenvalue weighted by atomic mass is 9.98. The number of aryl methyl sites for hydroxylation is 2. The normalized spacial score (nSPS) is 10.5. The van der Waals surface area contributed by atoms with Crippen LogP contribution in [0.3, 0.4) is 0 Å². The van der Waals surface area contributed by atoms with Gasteiger partial charge in [0.15, 0.2) is 0 Å². The summed E-state index contributed by atoms with van der Waals surface area (Å²) in [6.07, 6.45) is 1.88. The van der Waals surface area contributed by atoms with Crippen molar-refractivity contribution >= 4 is 5.91 Å². The molecule has 19 heavy (non-hydrogen) atoms. The van der Waals surface area contributed by atoms with E-state index in [-0.39, 0.29) is 11.5 Å². The number of rotatable bonds is 2. The lowest BCUT2D eigenvalue weighted by Gasteiger charge is -2.11. The molecule has 1 aromatic carbocycles. The Balaban J connectivity index is 2.74. The SMILES string of the molecule is CCC(=O)n1ccc(C)c(-c2ccccc2C)c1=O. The minimum Gasteiger partial charge on any atom is -0.274 e. The summed E-state index contributed by atoms with van der Waals surface area (Å²) in [7, 11) is 0. The van der Waals surface area contributed by atoms with Crippen LogP contribution < -0.4 is 5.56 Å². The molecule has 1 heterocycles. The Labute approximate surface area is 112 Å². The molecule has 0 saturated heterocycles. The van der Waals surface area contributed by atoms with Crippen molar-refractivity contribution in [3.8, 4) is 11.1 Å². The third kappa shape index (κ3) is 2.36. The van der Waals surface area contributed by atoms with Gasteiger partial charge in [-0.05, 0) is 36.6 Å². The average molecular weight is 255 g/mol. The monoisotopic (exact) mass is 255 g/mol. The smallest absolute Gasteiger partial charge is 0.265 e. The van der Waals surface area contributed by atoms with E-state index >= 15 is 0 Å². The van der Waals surface area contributed by atoms with E-state index in [0.717, 1.165) is 16.7 Å². The van der Waals surface area contributed by atoms with Crippen LogP contribution in [0, 0.1) is 13.8 Å². The molecule has 0 aliphatic carbocycles. The highest BCUT2D eigenvalue weighted by molar-refractivity contribution is 5.80. The van der Waals surface area contributed by atoms with Gasteiger partial charge >= 0.3 is 0 Å². The number of hydrogen-bond acceptors (Lipinski definition) is 2. The van der Waals surface area contributed by atoms with E-state index in [1.165, 1.54) is 4.57 Å². The van der Waals surface area contributed by atoms with Crippen molar-refractivity contribution < 1.29 is 4.79 Å². The number of hydrogen-bond donors (Lipinski definition) is 0. The van der Waals surface area contributed by atoms with Gasteiger partial charge < -0.3 is 0 Å². The van der Waals surface area contributed by atoms with Crippen molar-refractivity contribution in [1.82, 2.24) is 4.57 Å². The molecule has 98 valence electrons. The summed E-state index contributed by atoms with van der Waals surface area (Å²) in [5.41, 5.74) is 3.19. The number of pyridine rings is 1. The molecule has 0 saturated carbocycles. The highest BCUT2D eigenvalue weighted by Gasteiger charge is 2.14. The third-order valence-electron chi connectivity index (χ3n) is 3.29. The van der Waals surface area contributed by atoms with Crippen LogP contribution in [0.4, 0.5) is 0 Å². The molecule has 0 fully saturated rings. The Morgan fingerprint density at radius 3 is 2.42 bits per heavy atom. The first kappa shape index (κ1) is 13.3. The zero-order chi connectivity index (χ0) is 14.0. The summed E-state index contributed by atoms with van der Waals surface area (Å²) < 4.78 is 1.20. The fraction of sp³-hybridized carbons (Fsp3) is 0.250. The summed E-state index contributed by atoms with van der Waals surface area (Å²) in [6, 6.07) is 9.54. The van der Waals surface area contributed by atoms with E-state index in [4.69, 9.17) is 0 Å². The van der Waals surface area contributed by atoms with Gasteiger partial charge in [0.05, 0.1) is 5.56 Å². The van der Waals surface area contributed by atoms with E-state index in [0.29, 0.717) is 12.0 Å². The van der Waals surface area contributed by atoms with Gasteiger partial charge in [-0.15, -0.1) is 0 Å². The Morgan fingerprint density at radius 2 is 1.79 bits per heavy atom. The van der Waals surface area contributed by atoms with Crippen LogP contribution in [0.25, 0.3) is 11.1 Å². The van der Waals surface area contributed by atoms with Crippen LogP contribution in [-0.4, -0.2) is 10.5 Å². The maximum absolute atomic E-state index is 12.5. The standard InChI is InChI=1S/C16H17NO2/c1-4-14(18)17-10-9-12(3)15(16(17)19)13-8-6-5-7-11(13)2/h5-10H,4H2,1-3H3. The Morgan fingerprint density at radius 1 is 1.11 bits per heavy atom. The molecule has 0 unspecified atom stereocenters. The molecule has 0 radical (unpaired) electrons. The van der Waals surface area contributed by atoms with E-state index in [1.807, 2.05) is 44.2 Å². The van der Waals surface area contributed by atoms with Crippen LogP contribution in [0.2, 0.25) is 0 Å². The second kappa shape index (κ2) is 5.22. The Hall–Kier alpha value is -2.16. The minimum atomic E-state index is -0.235. The zero-order valence-electron chi connectivity index (χ0n) is 11.4. The summed E-state index contributed by atoms with van der Waals surface area (Å²) in [6.45, 7) is 5.61. The summed E-state index contributed by atoms with van der Waals surface area (Å²) in [4.78, 5) is 24.3. The summed E-state index contributed by atoms with van der Waals surface area (Å²) in [5, 5.41) is 0. The Kier molecular flexibility index (Phi) is 3.65. The number of carbonyl (C=O) groups is 1. The lowest BCUT2D eigenvalue weighted by molar-refractivity contribution is 0.0904. The van der Waals surface area contributed by atoms with E-state index in [1.54, 1.807) is 13.1 Å². The molecule has 2 rings (SSSR count). The Bertz CT molecular complexity index is 683. The third-order valence-corrected chi connectivity index (χ3v) is 3.29. The van der Waals surface area contributed by atoms with E-state index in [9.17, 15) is 9.59 Å². The summed E-state index contributed by atoms with van der Waals surface area (Å²) >= 11 is 0. The second-order valence-corrected chi connectivity index (χ2v) is 4.61. The highest BCUT2D eigenvalue weighted by Crippen LogP contribution is 2.22. The molecule has 0 N–H and O–H groups in total. The van der Waals surface area contributed by atoms with Crippen LogP contribution in [0.1, 0.15) is 29.3 Å². The van der Waals surface area contributed by atoms with Crippen LogP contribution >= 0.6 is 0 Å². The number of benzene rings is 1. The van der Waals surface area contributed by atoms with Crippen molar-refractivity contribution in [2.45, 2.75) is 27.2 Å². The van der Waals surface area contributed by atoms with Crippen LogP contribution in [0.5, 0.6) is 0 Å². The molecule has 3 nitrogen and oxygen atoms in total. The molecule has 0 amide bonds. The molecule has 0 aliphatic rings. The van der Waals surface area contributed by atoms with E-state index in [2.05, 4.69) is 0 Å². The van der Waals surface area contributed by atoms with Crippen molar-refractivity contribution in [2.75, 3.05) is 0 Å². The molecular weight excluding hydrogens is 238 g/mol. The van der Waals surface area contributed by atoms with Crippen LogP contribution in [-0.2, 0) is 0 Å². The predicted octanol–water partition coefficient (Wildman–Crippen LogP) is 3.18. The van der Waals surface area contributed by atoms with Gasteiger partial charge in [0, 0.05) is 12.6 Å². The number of aromatic nitrogens is 1. The van der Waals surface area contributed by atoms with Gasteiger partial charge in [-0.25, -0.2) is 0 Å². The van der Waals surface area contributed by atoms with Crippen molar-refractivity contribution in [2.24, 2.45) is 0 Å². The maximum atomic E-state index is 12.5. The van der Waals surface area contributed by atoms with Crippen LogP contribution in [0.15, 0.2) is 41.3 Å². The fourth-order valence-electron chi connectivity index (χ4n) is 2.17. The quantitative estimate of drug-likeness (QED) is 0.826. The molecule has 0 bridgehead atoms. The second-order valence-electron chi connectivity index (χ2n) is 4.61. The average Bonchev–Trinajstić information content (AvgIpc) is 2.40. The zero-order valence-corrected chi connectivity index (χ0v) is 11.4. The fourth-order valence-corrected chi connectivity index (χ4v) is 2.17. The molecule has 3 heteroatoms. The maximum Gasteiger partial charge on any atom is 0.265 e. The lowest BCUT2D eigenvalue weighted by Crippen LogP contribution is -2.27. The molecule has 0 atom stereocenters. The first-order valence-electron chi connectivity index (χ1n) is 6.37. The van der Waals surface area contributed by atoms with Gasteiger partial charge in [-0.2, -0.15) is 0 Å². The topological polar surface area (TPSA) is 39.1 Å². The predicted molar refractivity (Wildman–Crippen MR) is 76.5 cm³/mol. The van der Waals surface area contributed by atoms with Gasteiger partial charge in [0.2, 0.25) is 5.91 Å². The molecule has 0 spiro atoms. The number of carbonyl (C=O) groups excluding carboxylic acids is 1. The molecule has 0 aliphatic heterocycles.